The number of methoxy groups -OCH3 is 1. The Labute approximate surface area is 199 Å². The zero-order chi connectivity index (χ0) is 24.2. The zero-order valence-electron chi connectivity index (χ0n) is 20.1. The van der Waals surface area contributed by atoms with Crippen molar-refractivity contribution in [2.24, 2.45) is 0 Å². The van der Waals surface area contributed by atoms with Gasteiger partial charge in [-0.15, -0.1) is 0 Å². The molecule has 1 amide bonds. The minimum absolute atomic E-state index is 0.110. The number of nitrogens with zero attached hydrogens (tertiary/aromatic N) is 2. The Bertz CT molecular complexity index is 1160. The number of anilines is 2. The number of aromatic nitrogens is 2. The molecule has 0 aliphatic heterocycles. The Hall–Kier alpha value is -3.26. The third-order valence-corrected chi connectivity index (χ3v) is 5.49. The number of benzene rings is 2. The van der Waals surface area contributed by atoms with Gasteiger partial charge in [-0.1, -0.05) is 38.8 Å². The van der Waals surface area contributed by atoms with Crippen molar-refractivity contribution in [2.75, 3.05) is 23.4 Å². The van der Waals surface area contributed by atoms with Crippen molar-refractivity contribution >= 4 is 29.2 Å². The van der Waals surface area contributed by atoms with Crippen molar-refractivity contribution in [3.8, 4) is 17.4 Å². The first-order valence-corrected chi connectivity index (χ1v) is 11.7. The predicted molar refractivity (Wildman–Crippen MR) is 135 cm³/mol. The highest BCUT2D eigenvalue weighted by Gasteiger charge is 2.21. The fourth-order valence-electron chi connectivity index (χ4n) is 3.20. The summed E-state index contributed by atoms with van der Waals surface area (Å²) in [5.74, 6) is 1.29. The predicted octanol–water partition coefficient (Wildman–Crippen LogP) is 6.13. The molecule has 0 aliphatic rings. The van der Waals surface area contributed by atoms with Crippen LogP contribution in [0.4, 0.5) is 11.4 Å². The summed E-state index contributed by atoms with van der Waals surface area (Å²) in [7, 11) is 1.59. The first kappa shape index (κ1) is 24.4. The molecule has 3 rings (SSSR count). The van der Waals surface area contributed by atoms with Gasteiger partial charge in [-0.25, -0.2) is 9.97 Å². The molecule has 33 heavy (non-hydrogen) atoms. The lowest BCUT2D eigenvalue weighted by atomic mass is 9.86. The normalized spacial score (nSPS) is 11.1. The lowest BCUT2D eigenvalue weighted by Crippen LogP contribution is -2.16. The van der Waals surface area contributed by atoms with Gasteiger partial charge in [-0.3, -0.25) is 4.79 Å². The van der Waals surface area contributed by atoms with Crippen LogP contribution in [0.1, 0.15) is 48.0 Å². The van der Waals surface area contributed by atoms with Crippen LogP contribution < -0.4 is 19.5 Å². The lowest BCUT2D eigenvalue weighted by molar-refractivity contribution is 0.102. The molecule has 0 spiro atoms. The molecular weight excluding hydrogens is 436 g/mol. The highest BCUT2D eigenvalue weighted by molar-refractivity contribution is 7.99. The second kappa shape index (κ2) is 10.1. The Balaban J connectivity index is 1.94. The van der Waals surface area contributed by atoms with E-state index in [0.717, 1.165) is 22.5 Å². The number of carbonyl (C=O) groups excluding carboxylic acids is 1. The summed E-state index contributed by atoms with van der Waals surface area (Å²) >= 11 is 1.46. The van der Waals surface area contributed by atoms with Crippen LogP contribution >= 0.6 is 11.9 Å². The van der Waals surface area contributed by atoms with Crippen molar-refractivity contribution < 1.29 is 14.3 Å². The highest BCUT2D eigenvalue weighted by Crippen LogP contribution is 2.39. The number of aryl methyl sites for hydroxylation is 2. The van der Waals surface area contributed by atoms with Gasteiger partial charge in [0.15, 0.2) is 5.75 Å². The van der Waals surface area contributed by atoms with Gasteiger partial charge < -0.3 is 19.5 Å². The van der Waals surface area contributed by atoms with Gasteiger partial charge in [-0.2, -0.15) is 0 Å². The molecule has 3 aromatic rings. The van der Waals surface area contributed by atoms with E-state index in [2.05, 4.69) is 40.8 Å². The summed E-state index contributed by atoms with van der Waals surface area (Å²) in [4.78, 5) is 21.4. The first-order chi connectivity index (χ1) is 15.6. The zero-order valence-corrected chi connectivity index (χ0v) is 20.9. The van der Waals surface area contributed by atoms with Gasteiger partial charge in [0.1, 0.15) is 12.1 Å². The molecule has 0 fully saturated rings. The Morgan fingerprint density at radius 2 is 1.76 bits per heavy atom. The number of nitrogens with one attached hydrogen (secondary N) is 2. The second-order valence-corrected chi connectivity index (χ2v) is 9.31. The summed E-state index contributed by atoms with van der Waals surface area (Å²) in [6.07, 6.45) is 3.39. The van der Waals surface area contributed by atoms with Crippen LogP contribution in [0.5, 0.6) is 17.4 Å². The molecule has 0 atom stereocenters. The van der Waals surface area contributed by atoms with Gasteiger partial charge >= 0.3 is 0 Å². The van der Waals surface area contributed by atoms with Crippen LogP contribution in [0.25, 0.3) is 0 Å². The van der Waals surface area contributed by atoms with E-state index in [1.807, 2.05) is 38.3 Å². The first-order valence-electron chi connectivity index (χ1n) is 10.5. The number of carbonyl (C=O) groups is 1. The number of ether oxygens (including phenoxy) is 2. The smallest absolute Gasteiger partial charge is 0.255 e. The third kappa shape index (κ3) is 5.96. The number of hydrogen-bond acceptors (Lipinski definition) is 7. The highest BCUT2D eigenvalue weighted by atomic mass is 32.2. The van der Waals surface area contributed by atoms with Crippen LogP contribution in [-0.4, -0.2) is 29.2 Å². The topological polar surface area (TPSA) is 85.4 Å². The van der Waals surface area contributed by atoms with E-state index in [9.17, 15) is 4.79 Å². The molecule has 1 aromatic heterocycles. The molecule has 0 saturated carbocycles. The van der Waals surface area contributed by atoms with Crippen molar-refractivity contribution in [3.63, 3.8) is 0 Å². The fourth-order valence-corrected chi connectivity index (χ4v) is 3.58. The van der Waals surface area contributed by atoms with Gasteiger partial charge in [0.2, 0.25) is 5.88 Å². The average Bonchev–Trinajstić information content (AvgIpc) is 2.74. The molecular formula is C25H30N4O3S. The summed E-state index contributed by atoms with van der Waals surface area (Å²) in [5.41, 5.74) is 4.52. The van der Waals surface area contributed by atoms with E-state index in [1.54, 1.807) is 25.3 Å². The van der Waals surface area contributed by atoms with Gasteiger partial charge in [0.25, 0.3) is 5.91 Å². The molecule has 2 N–H and O–H groups in total. The van der Waals surface area contributed by atoms with Crippen molar-refractivity contribution in [1.82, 2.24) is 9.97 Å². The summed E-state index contributed by atoms with van der Waals surface area (Å²) in [5, 5.41) is 3.01. The van der Waals surface area contributed by atoms with E-state index in [-0.39, 0.29) is 11.3 Å². The standard InChI is InChI=1S/C25H30N4O3S/c1-15-8-9-17(11-21(15)32-22-10-16(2)26-14-27-22)24(30)28-19-12-18(25(3,4)5)13-20(29-33-7)23(19)31-6/h8-14,29H,1-7H3,(H,28,30). The van der Waals surface area contributed by atoms with Gasteiger partial charge in [0, 0.05) is 23.6 Å². The van der Waals surface area contributed by atoms with E-state index >= 15 is 0 Å². The summed E-state index contributed by atoms with van der Waals surface area (Å²) < 4.78 is 14.8. The number of amides is 1. The third-order valence-electron chi connectivity index (χ3n) is 5.06. The summed E-state index contributed by atoms with van der Waals surface area (Å²) in [6, 6.07) is 11.1. The van der Waals surface area contributed by atoms with Crippen molar-refractivity contribution in [1.29, 1.82) is 0 Å². The number of rotatable bonds is 7. The SMILES string of the molecule is COc1c(NSC)cc(C(C)(C)C)cc1NC(=O)c1ccc(C)c(Oc2cc(C)ncn2)c1. The van der Waals surface area contributed by atoms with E-state index in [4.69, 9.17) is 9.47 Å². The molecule has 0 aliphatic carbocycles. The van der Waals surface area contributed by atoms with Crippen LogP contribution in [0.15, 0.2) is 42.7 Å². The van der Waals surface area contributed by atoms with Gasteiger partial charge in [-0.05, 0) is 54.7 Å². The minimum Gasteiger partial charge on any atom is -0.492 e. The van der Waals surface area contributed by atoms with Crippen molar-refractivity contribution in [3.05, 3.63) is 65.1 Å². The molecule has 1 heterocycles. The van der Waals surface area contributed by atoms with Crippen LogP contribution in [0.2, 0.25) is 0 Å². The summed E-state index contributed by atoms with van der Waals surface area (Å²) in [6.45, 7) is 10.2. The number of hydrogen-bond donors (Lipinski definition) is 2. The van der Waals surface area contributed by atoms with Crippen LogP contribution in [0.3, 0.4) is 0 Å². The van der Waals surface area contributed by atoms with Gasteiger partial charge in [0.05, 0.1) is 18.5 Å². The second-order valence-electron chi connectivity index (χ2n) is 8.69. The van der Waals surface area contributed by atoms with E-state index < -0.39 is 0 Å². The molecule has 0 bridgehead atoms. The Morgan fingerprint density at radius 3 is 2.39 bits per heavy atom. The molecule has 7 nitrogen and oxygen atoms in total. The largest absolute Gasteiger partial charge is 0.492 e. The monoisotopic (exact) mass is 466 g/mol. The van der Waals surface area contributed by atoms with Crippen LogP contribution in [0, 0.1) is 13.8 Å². The Kier molecular flexibility index (Phi) is 7.48. The fraction of sp³-hybridized carbons (Fsp3) is 0.320. The minimum atomic E-state index is -0.266. The maximum Gasteiger partial charge on any atom is 0.255 e. The molecule has 0 unspecified atom stereocenters. The average molecular weight is 467 g/mol. The van der Waals surface area contributed by atoms with E-state index in [1.165, 1.54) is 18.3 Å². The molecule has 8 heteroatoms. The molecule has 0 saturated heterocycles. The van der Waals surface area contributed by atoms with E-state index in [0.29, 0.717) is 28.6 Å². The van der Waals surface area contributed by atoms with Crippen molar-refractivity contribution in [2.45, 2.75) is 40.0 Å². The Morgan fingerprint density at radius 1 is 1.03 bits per heavy atom. The quantitative estimate of drug-likeness (QED) is 0.405. The van der Waals surface area contributed by atoms with Crippen LogP contribution in [-0.2, 0) is 5.41 Å². The molecule has 2 aromatic carbocycles. The maximum atomic E-state index is 13.2. The molecule has 0 radical (unpaired) electrons. The maximum absolute atomic E-state index is 13.2. The molecule has 174 valence electrons. The lowest BCUT2D eigenvalue weighted by Gasteiger charge is -2.24.